The number of carbonyl (C=O) groups is 2. The van der Waals surface area contributed by atoms with E-state index in [4.69, 9.17) is 27.9 Å². The summed E-state index contributed by atoms with van der Waals surface area (Å²) in [6, 6.07) is 10.5. The highest BCUT2D eigenvalue weighted by Crippen LogP contribution is 2.27. The standard InChI is InChI=1S/C20H21Cl2N3O3/c1-12-6-13(2)8-16(7-12)23-19(26)9-14(3)24-25-20(27)11-28-18-5-4-15(21)10-17(18)22/h4-8,10H,9,11H2,1-3H3,(H,23,26)(H,25,27)/b24-14-. The van der Waals surface area contributed by atoms with Gasteiger partial charge in [0.25, 0.3) is 5.91 Å². The number of aryl methyl sites for hydroxylation is 2. The van der Waals surface area contributed by atoms with Crippen LogP contribution in [0.1, 0.15) is 24.5 Å². The van der Waals surface area contributed by atoms with Crippen molar-refractivity contribution in [3.63, 3.8) is 0 Å². The fraction of sp³-hybridized carbons (Fsp3) is 0.250. The average molecular weight is 422 g/mol. The van der Waals surface area contributed by atoms with E-state index in [0.29, 0.717) is 21.5 Å². The van der Waals surface area contributed by atoms with Gasteiger partial charge in [-0.05, 0) is 62.2 Å². The van der Waals surface area contributed by atoms with Gasteiger partial charge in [0, 0.05) is 16.4 Å². The Morgan fingerprint density at radius 3 is 2.36 bits per heavy atom. The van der Waals surface area contributed by atoms with Crippen molar-refractivity contribution in [3.8, 4) is 5.75 Å². The molecule has 0 aliphatic heterocycles. The molecule has 2 amide bonds. The van der Waals surface area contributed by atoms with Gasteiger partial charge in [0.15, 0.2) is 6.61 Å². The number of carbonyl (C=O) groups excluding carboxylic acids is 2. The predicted octanol–water partition coefficient (Wildman–Crippen LogP) is 4.51. The minimum atomic E-state index is -0.472. The molecule has 2 N–H and O–H groups in total. The number of anilines is 1. The third-order valence-corrected chi connectivity index (χ3v) is 4.08. The monoisotopic (exact) mass is 421 g/mol. The molecule has 6 nitrogen and oxygen atoms in total. The molecule has 2 rings (SSSR count). The van der Waals surface area contributed by atoms with Crippen LogP contribution in [0.4, 0.5) is 5.69 Å². The summed E-state index contributed by atoms with van der Waals surface area (Å²) in [5.74, 6) is -0.348. The number of amides is 2. The molecule has 148 valence electrons. The molecule has 0 aromatic heterocycles. The number of nitrogens with one attached hydrogen (secondary N) is 2. The van der Waals surface area contributed by atoms with Crippen molar-refractivity contribution in [3.05, 3.63) is 57.6 Å². The van der Waals surface area contributed by atoms with Gasteiger partial charge < -0.3 is 10.1 Å². The highest BCUT2D eigenvalue weighted by Gasteiger charge is 2.08. The van der Waals surface area contributed by atoms with E-state index < -0.39 is 5.91 Å². The molecular formula is C20H21Cl2N3O3. The molecule has 0 unspecified atom stereocenters. The first-order valence-electron chi connectivity index (χ1n) is 8.51. The third-order valence-electron chi connectivity index (χ3n) is 3.55. The minimum absolute atomic E-state index is 0.0527. The second-order valence-electron chi connectivity index (χ2n) is 6.35. The van der Waals surface area contributed by atoms with E-state index >= 15 is 0 Å². The number of rotatable bonds is 7. The molecule has 0 heterocycles. The molecule has 8 heteroatoms. The van der Waals surface area contributed by atoms with Crippen molar-refractivity contribution in [1.29, 1.82) is 0 Å². The second kappa shape index (κ2) is 10.1. The van der Waals surface area contributed by atoms with E-state index in [0.717, 1.165) is 16.8 Å². The predicted molar refractivity (Wildman–Crippen MR) is 112 cm³/mol. The lowest BCUT2D eigenvalue weighted by Gasteiger charge is -2.08. The number of hydrogen-bond donors (Lipinski definition) is 2. The molecule has 0 aliphatic rings. The van der Waals surface area contributed by atoms with Gasteiger partial charge in [-0.1, -0.05) is 29.3 Å². The molecule has 2 aromatic carbocycles. The topological polar surface area (TPSA) is 79.8 Å². The Bertz CT molecular complexity index is 893. The van der Waals surface area contributed by atoms with Crippen LogP contribution in [0.15, 0.2) is 41.5 Å². The van der Waals surface area contributed by atoms with Gasteiger partial charge in [-0.15, -0.1) is 0 Å². The summed E-state index contributed by atoms with van der Waals surface area (Å²) in [7, 11) is 0. The van der Waals surface area contributed by atoms with Crippen molar-refractivity contribution in [2.75, 3.05) is 11.9 Å². The first-order valence-corrected chi connectivity index (χ1v) is 9.26. The van der Waals surface area contributed by atoms with Crippen molar-refractivity contribution in [2.45, 2.75) is 27.2 Å². The molecule has 0 saturated heterocycles. The van der Waals surface area contributed by atoms with Gasteiger partial charge in [0.2, 0.25) is 5.91 Å². The Labute approximate surface area is 173 Å². The quantitative estimate of drug-likeness (QED) is 0.509. The summed E-state index contributed by atoms with van der Waals surface area (Å²) in [4.78, 5) is 23.9. The molecular weight excluding hydrogens is 401 g/mol. The normalized spacial score (nSPS) is 11.1. The molecule has 0 saturated carbocycles. The molecule has 0 spiro atoms. The summed E-state index contributed by atoms with van der Waals surface area (Å²) in [6.45, 7) is 5.31. The lowest BCUT2D eigenvalue weighted by Crippen LogP contribution is -2.26. The smallest absolute Gasteiger partial charge is 0.277 e. The van der Waals surface area contributed by atoms with Gasteiger partial charge in [-0.3, -0.25) is 9.59 Å². The maximum atomic E-state index is 12.1. The van der Waals surface area contributed by atoms with Crippen LogP contribution in [0.2, 0.25) is 10.0 Å². The van der Waals surface area contributed by atoms with Crippen LogP contribution in [-0.2, 0) is 9.59 Å². The Morgan fingerprint density at radius 2 is 1.71 bits per heavy atom. The summed E-state index contributed by atoms with van der Waals surface area (Å²) in [5, 5.41) is 7.51. The van der Waals surface area contributed by atoms with Crippen molar-refractivity contribution < 1.29 is 14.3 Å². The van der Waals surface area contributed by atoms with Crippen LogP contribution in [-0.4, -0.2) is 24.1 Å². The zero-order chi connectivity index (χ0) is 20.7. The Kier molecular flexibility index (Phi) is 7.84. The SMILES string of the molecule is C/C(CC(=O)Nc1cc(C)cc(C)c1)=N/NC(=O)COc1ccc(Cl)cc1Cl. The van der Waals surface area contributed by atoms with Crippen LogP contribution in [0.25, 0.3) is 0 Å². The van der Waals surface area contributed by atoms with Crippen molar-refractivity contribution in [1.82, 2.24) is 5.43 Å². The minimum Gasteiger partial charge on any atom is -0.482 e. The van der Waals surface area contributed by atoms with Gasteiger partial charge in [0.05, 0.1) is 11.4 Å². The summed E-state index contributed by atoms with van der Waals surface area (Å²) >= 11 is 11.8. The van der Waals surface area contributed by atoms with E-state index in [-0.39, 0.29) is 18.9 Å². The van der Waals surface area contributed by atoms with Crippen LogP contribution in [0, 0.1) is 13.8 Å². The Morgan fingerprint density at radius 1 is 1.04 bits per heavy atom. The van der Waals surface area contributed by atoms with E-state index in [2.05, 4.69) is 15.8 Å². The zero-order valence-electron chi connectivity index (χ0n) is 15.8. The number of benzene rings is 2. The van der Waals surface area contributed by atoms with Crippen LogP contribution in [0.5, 0.6) is 5.75 Å². The van der Waals surface area contributed by atoms with Gasteiger partial charge in [0.1, 0.15) is 5.75 Å². The second-order valence-corrected chi connectivity index (χ2v) is 7.19. The van der Waals surface area contributed by atoms with Gasteiger partial charge in [-0.2, -0.15) is 5.10 Å². The first-order chi connectivity index (χ1) is 13.2. The van der Waals surface area contributed by atoms with Gasteiger partial charge in [-0.25, -0.2) is 5.43 Å². The maximum absolute atomic E-state index is 12.1. The summed E-state index contributed by atoms with van der Waals surface area (Å²) in [5.41, 5.74) is 5.66. The van der Waals surface area contributed by atoms with Gasteiger partial charge >= 0.3 is 0 Å². The Balaban J connectivity index is 1.80. The maximum Gasteiger partial charge on any atom is 0.277 e. The van der Waals surface area contributed by atoms with E-state index in [9.17, 15) is 9.59 Å². The van der Waals surface area contributed by atoms with Crippen LogP contribution >= 0.6 is 23.2 Å². The number of hydrogen-bond acceptors (Lipinski definition) is 4. The molecule has 0 fully saturated rings. The van der Waals surface area contributed by atoms with E-state index in [1.165, 1.54) is 6.07 Å². The highest BCUT2D eigenvalue weighted by molar-refractivity contribution is 6.35. The van der Waals surface area contributed by atoms with E-state index in [1.807, 2.05) is 32.0 Å². The van der Waals surface area contributed by atoms with E-state index in [1.54, 1.807) is 19.1 Å². The van der Waals surface area contributed by atoms with Crippen molar-refractivity contribution in [2.24, 2.45) is 5.10 Å². The fourth-order valence-electron chi connectivity index (χ4n) is 2.45. The lowest BCUT2D eigenvalue weighted by atomic mass is 10.1. The Hall–Kier alpha value is -2.57. The number of ether oxygens (including phenoxy) is 1. The number of hydrazone groups is 1. The molecule has 0 bridgehead atoms. The van der Waals surface area contributed by atoms with Crippen LogP contribution < -0.4 is 15.5 Å². The largest absolute Gasteiger partial charge is 0.482 e. The molecule has 2 aromatic rings. The molecule has 0 radical (unpaired) electrons. The number of nitrogens with zero attached hydrogens (tertiary/aromatic N) is 1. The number of halogens is 2. The molecule has 0 atom stereocenters. The summed E-state index contributed by atoms with van der Waals surface area (Å²) < 4.78 is 5.32. The molecule has 28 heavy (non-hydrogen) atoms. The summed E-state index contributed by atoms with van der Waals surface area (Å²) in [6.07, 6.45) is 0.0527. The van der Waals surface area contributed by atoms with Crippen LogP contribution in [0.3, 0.4) is 0 Å². The first kappa shape index (κ1) is 21.7. The molecule has 0 aliphatic carbocycles. The average Bonchev–Trinajstić information content (AvgIpc) is 2.58. The lowest BCUT2D eigenvalue weighted by molar-refractivity contribution is -0.123. The highest BCUT2D eigenvalue weighted by atomic mass is 35.5. The van der Waals surface area contributed by atoms with Crippen molar-refractivity contribution >= 4 is 46.4 Å². The third kappa shape index (κ3) is 7.21. The zero-order valence-corrected chi connectivity index (χ0v) is 17.3. The fourth-order valence-corrected chi connectivity index (χ4v) is 2.91.